The van der Waals surface area contributed by atoms with E-state index in [4.69, 9.17) is 11.5 Å². The van der Waals surface area contributed by atoms with Gasteiger partial charge >= 0.3 is 12.3 Å². The van der Waals surface area contributed by atoms with Crippen LogP contribution in [0.2, 0.25) is 0 Å². The van der Waals surface area contributed by atoms with Gasteiger partial charge in [-0.25, -0.2) is 4.79 Å². The predicted octanol–water partition coefficient (Wildman–Crippen LogP) is 1.53. The van der Waals surface area contributed by atoms with Crippen LogP contribution in [0, 0.1) is 0 Å². The van der Waals surface area contributed by atoms with Crippen LogP contribution in [0.3, 0.4) is 0 Å². The summed E-state index contributed by atoms with van der Waals surface area (Å²) in [6.07, 6.45) is -5.02. The zero-order valence-electron chi connectivity index (χ0n) is 7.34. The Bertz CT molecular complexity index is 370. The van der Waals surface area contributed by atoms with E-state index in [0.29, 0.717) is 0 Å². The van der Waals surface area contributed by atoms with E-state index < -0.39 is 12.3 Å². The van der Waals surface area contributed by atoms with E-state index in [1.165, 1.54) is 6.07 Å². The third-order valence-corrected chi connectivity index (χ3v) is 1.42. The molecule has 4 N–H and O–H groups in total. The van der Waals surface area contributed by atoms with Gasteiger partial charge in [0.05, 0.1) is 5.56 Å². The summed E-state index contributed by atoms with van der Waals surface area (Å²) in [5, 5.41) is 0. The Balaban J connectivity index is 2.92. The topological polar surface area (TPSA) is 78.3 Å². The maximum atomic E-state index is 11.7. The highest BCUT2D eigenvalue weighted by Gasteiger charge is 2.34. The predicted molar refractivity (Wildman–Crippen MR) is 46.7 cm³/mol. The highest BCUT2D eigenvalue weighted by Crippen LogP contribution is 2.21. The summed E-state index contributed by atoms with van der Waals surface area (Å²) in [6, 6.07) is 3.40. The zero-order chi connectivity index (χ0) is 11.6. The average Bonchev–Trinajstić information content (AvgIpc) is 1.98. The molecule has 0 aliphatic heterocycles. The molecule has 0 bridgehead atoms. The second-order valence-electron chi connectivity index (χ2n) is 2.72. The van der Waals surface area contributed by atoms with Gasteiger partial charge in [0.15, 0.2) is 0 Å². The van der Waals surface area contributed by atoms with Crippen LogP contribution in [-0.2, 0) is 4.74 Å². The highest BCUT2D eigenvalue weighted by molar-refractivity contribution is 5.91. The van der Waals surface area contributed by atoms with Gasteiger partial charge in [0.1, 0.15) is 0 Å². The lowest BCUT2D eigenvalue weighted by molar-refractivity contribution is -0.291. The van der Waals surface area contributed by atoms with Crippen molar-refractivity contribution in [2.24, 2.45) is 0 Å². The minimum atomic E-state index is -5.02. The second-order valence-corrected chi connectivity index (χ2v) is 2.72. The minimum absolute atomic E-state index is 0.0872. The van der Waals surface area contributed by atoms with Gasteiger partial charge in [0.25, 0.3) is 0 Å². The van der Waals surface area contributed by atoms with Crippen molar-refractivity contribution < 1.29 is 22.7 Å². The lowest BCUT2D eigenvalue weighted by Crippen LogP contribution is -2.19. The van der Waals surface area contributed by atoms with Crippen LogP contribution in [0.15, 0.2) is 18.2 Å². The molecule has 0 heterocycles. The van der Waals surface area contributed by atoms with Crippen molar-refractivity contribution in [1.82, 2.24) is 0 Å². The van der Waals surface area contributed by atoms with Crippen LogP contribution in [-0.4, -0.2) is 12.3 Å². The van der Waals surface area contributed by atoms with Gasteiger partial charge in [-0.15, -0.1) is 13.2 Å². The largest absolute Gasteiger partial charge is 0.575 e. The summed E-state index contributed by atoms with van der Waals surface area (Å²) in [4.78, 5) is 10.9. The number of hydrogen-bond acceptors (Lipinski definition) is 4. The first-order valence-corrected chi connectivity index (χ1v) is 3.74. The fourth-order valence-corrected chi connectivity index (χ4v) is 0.958. The molecule has 0 aromatic heterocycles. The first kappa shape index (κ1) is 11.2. The Morgan fingerprint density at radius 1 is 1.13 bits per heavy atom. The molecule has 0 radical (unpaired) electrons. The quantitative estimate of drug-likeness (QED) is 0.555. The zero-order valence-corrected chi connectivity index (χ0v) is 7.34. The second kappa shape index (κ2) is 3.68. The van der Waals surface area contributed by atoms with E-state index in [1.807, 2.05) is 0 Å². The van der Waals surface area contributed by atoms with E-state index in [-0.39, 0.29) is 16.9 Å². The molecule has 0 spiro atoms. The van der Waals surface area contributed by atoms with E-state index in [2.05, 4.69) is 4.74 Å². The van der Waals surface area contributed by atoms with Gasteiger partial charge in [-0.2, -0.15) is 0 Å². The maximum Gasteiger partial charge on any atom is 0.575 e. The molecule has 0 fully saturated rings. The number of halogens is 3. The third kappa shape index (κ3) is 3.37. The van der Waals surface area contributed by atoms with Gasteiger partial charge in [-0.3, -0.25) is 0 Å². The van der Waals surface area contributed by atoms with Crippen molar-refractivity contribution in [3.63, 3.8) is 0 Å². The van der Waals surface area contributed by atoms with Crippen molar-refractivity contribution in [3.05, 3.63) is 23.8 Å². The number of esters is 1. The average molecular weight is 220 g/mol. The Labute approximate surface area is 82.6 Å². The van der Waals surface area contributed by atoms with Crippen LogP contribution in [0.1, 0.15) is 10.4 Å². The standard InChI is InChI=1S/C8H7F3N2O2/c9-8(10,11)15-7(14)4-1-5(12)3-6(13)2-4/h1-3H,12-13H2. The molecule has 0 aliphatic carbocycles. The molecular weight excluding hydrogens is 213 g/mol. The van der Waals surface area contributed by atoms with Crippen LogP contribution < -0.4 is 11.5 Å². The maximum absolute atomic E-state index is 11.7. The Morgan fingerprint density at radius 2 is 1.60 bits per heavy atom. The summed E-state index contributed by atoms with van der Waals surface area (Å²) in [5.74, 6) is -1.54. The smallest absolute Gasteiger partial charge is 0.399 e. The van der Waals surface area contributed by atoms with Crippen LogP contribution in [0.5, 0.6) is 0 Å². The molecule has 0 saturated carbocycles. The van der Waals surface area contributed by atoms with Gasteiger partial charge in [-0.1, -0.05) is 0 Å². The van der Waals surface area contributed by atoms with Crippen LogP contribution in [0.25, 0.3) is 0 Å². The Morgan fingerprint density at radius 3 is 2.00 bits per heavy atom. The molecule has 1 aromatic carbocycles. The van der Waals surface area contributed by atoms with Gasteiger partial charge in [0.2, 0.25) is 0 Å². The first-order chi connectivity index (χ1) is 6.78. The van der Waals surface area contributed by atoms with Gasteiger partial charge in [0, 0.05) is 11.4 Å². The van der Waals surface area contributed by atoms with Crippen molar-refractivity contribution in [2.45, 2.75) is 6.36 Å². The molecule has 0 amide bonds. The fraction of sp³-hybridized carbons (Fsp3) is 0.125. The van der Waals surface area contributed by atoms with E-state index >= 15 is 0 Å². The molecule has 0 aliphatic rings. The van der Waals surface area contributed by atoms with Gasteiger partial charge < -0.3 is 16.2 Å². The monoisotopic (exact) mass is 220 g/mol. The Hall–Kier alpha value is -1.92. The number of nitrogens with two attached hydrogens (primary N) is 2. The molecular formula is C8H7F3N2O2. The lowest BCUT2D eigenvalue weighted by atomic mass is 10.2. The highest BCUT2D eigenvalue weighted by atomic mass is 19.4. The lowest BCUT2D eigenvalue weighted by Gasteiger charge is -2.08. The fourth-order valence-electron chi connectivity index (χ4n) is 0.958. The molecule has 15 heavy (non-hydrogen) atoms. The van der Waals surface area contributed by atoms with E-state index in [1.54, 1.807) is 0 Å². The normalized spacial score (nSPS) is 11.1. The number of ether oxygens (including phenoxy) is 1. The summed E-state index contributed by atoms with van der Waals surface area (Å²) >= 11 is 0. The molecule has 1 rings (SSSR count). The van der Waals surface area contributed by atoms with Crippen molar-refractivity contribution in [1.29, 1.82) is 0 Å². The van der Waals surface area contributed by atoms with E-state index in [9.17, 15) is 18.0 Å². The summed E-state index contributed by atoms with van der Waals surface area (Å²) < 4.78 is 38.2. The number of benzene rings is 1. The number of hydrogen-bond donors (Lipinski definition) is 2. The van der Waals surface area contributed by atoms with Crippen molar-refractivity contribution >= 4 is 17.3 Å². The number of carbonyl (C=O) groups is 1. The summed E-state index contributed by atoms with van der Waals surface area (Å²) in [5.41, 5.74) is 10.4. The van der Waals surface area contributed by atoms with Gasteiger partial charge in [-0.05, 0) is 18.2 Å². The van der Waals surface area contributed by atoms with Crippen LogP contribution >= 0.6 is 0 Å². The summed E-state index contributed by atoms with van der Waals surface area (Å²) in [6.45, 7) is 0. The molecule has 4 nitrogen and oxygen atoms in total. The number of alkyl halides is 3. The molecule has 7 heteroatoms. The molecule has 0 unspecified atom stereocenters. The first-order valence-electron chi connectivity index (χ1n) is 3.74. The number of rotatable bonds is 1. The van der Waals surface area contributed by atoms with Crippen molar-refractivity contribution in [2.75, 3.05) is 11.5 Å². The number of nitrogen functional groups attached to an aromatic ring is 2. The third-order valence-electron chi connectivity index (χ3n) is 1.42. The summed E-state index contributed by atoms with van der Waals surface area (Å²) in [7, 11) is 0. The number of carbonyl (C=O) groups excluding carboxylic acids is 1. The van der Waals surface area contributed by atoms with Crippen molar-refractivity contribution in [3.8, 4) is 0 Å². The Kier molecular flexibility index (Phi) is 2.74. The SMILES string of the molecule is Nc1cc(N)cc(C(=O)OC(F)(F)F)c1. The van der Waals surface area contributed by atoms with Crippen LogP contribution in [0.4, 0.5) is 24.5 Å². The molecule has 1 aromatic rings. The molecule has 0 saturated heterocycles. The number of anilines is 2. The minimum Gasteiger partial charge on any atom is -0.399 e. The van der Waals surface area contributed by atoms with E-state index in [0.717, 1.165) is 12.1 Å². The molecule has 0 atom stereocenters. The molecule has 82 valence electrons.